The Hall–Kier alpha value is -3.18. The molecule has 2 aromatic carbocycles. The van der Waals surface area contributed by atoms with Crippen LogP contribution in [0.3, 0.4) is 0 Å². The van der Waals surface area contributed by atoms with E-state index in [9.17, 15) is 9.90 Å². The van der Waals surface area contributed by atoms with Gasteiger partial charge in [-0.2, -0.15) is 0 Å². The van der Waals surface area contributed by atoms with Gasteiger partial charge in [-0.1, -0.05) is 48.5 Å². The summed E-state index contributed by atoms with van der Waals surface area (Å²) in [7, 11) is 0. The maximum Gasteiger partial charge on any atom is 0.310 e. The smallest absolute Gasteiger partial charge is 0.310 e. The summed E-state index contributed by atoms with van der Waals surface area (Å²) in [5.74, 6) is -0.908. The lowest BCUT2D eigenvalue weighted by Gasteiger charge is -2.33. The molecule has 0 amide bonds. The number of aryl methyl sites for hydroxylation is 2. The Labute approximate surface area is 196 Å². The second-order valence-electron chi connectivity index (χ2n) is 9.19. The second-order valence-corrected chi connectivity index (χ2v) is 9.19. The molecule has 2 heterocycles. The lowest BCUT2D eigenvalue weighted by Crippen LogP contribution is -2.37. The zero-order chi connectivity index (χ0) is 23.4. The first-order valence-corrected chi connectivity index (χ1v) is 11.7. The molecule has 172 valence electrons. The molecule has 3 atom stereocenters. The van der Waals surface area contributed by atoms with Crippen LogP contribution in [0.4, 0.5) is 5.69 Å². The van der Waals surface area contributed by atoms with Gasteiger partial charge in [0.25, 0.3) is 0 Å². The van der Waals surface area contributed by atoms with Gasteiger partial charge in [0.15, 0.2) is 0 Å². The van der Waals surface area contributed by atoms with Crippen LogP contribution in [-0.4, -0.2) is 29.1 Å². The molecule has 0 saturated carbocycles. The number of carboxylic acid groups (broad SMARTS) is 1. The van der Waals surface area contributed by atoms with Crippen molar-refractivity contribution in [2.24, 2.45) is 5.92 Å². The van der Waals surface area contributed by atoms with Crippen molar-refractivity contribution in [1.82, 2.24) is 10.3 Å². The van der Waals surface area contributed by atoms with Crippen molar-refractivity contribution in [3.63, 3.8) is 0 Å². The molecule has 0 spiro atoms. The number of nitrogens with one attached hydrogen (secondary N) is 2. The van der Waals surface area contributed by atoms with E-state index in [2.05, 4.69) is 71.9 Å². The van der Waals surface area contributed by atoms with Crippen molar-refractivity contribution < 1.29 is 9.90 Å². The standard InChI is InChI=1S/C28H33N3O2/c1-18-13-25-26(30-16-18)15-24(17-31-25)27(21-7-5-4-6-8-21)29-12-11-22-14-23(10-9-19(22)2)20(3)28(32)33/h4-10,13-14,16,20,24,27,29,31H,11-12,15,17H2,1-3H3,(H,32,33)/t20-,24-,27-/m1/s1. The average molecular weight is 444 g/mol. The largest absolute Gasteiger partial charge is 0.481 e. The molecule has 5 nitrogen and oxygen atoms in total. The third-order valence-corrected chi connectivity index (χ3v) is 6.75. The first kappa shape index (κ1) is 23.0. The van der Waals surface area contributed by atoms with Crippen LogP contribution < -0.4 is 10.6 Å². The zero-order valence-corrected chi connectivity index (χ0v) is 19.6. The predicted octanol–water partition coefficient (Wildman–Crippen LogP) is 5.04. The van der Waals surface area contributed by atoms with E-state index in [1.54, 1.807) is 6.92 Å². The summed E-state index contributed by atoms with van der Waals surface area (Å²) in [5, 5.41) is 16.8. The van der Waals surface area contributed by atoms with E-state index in [1.807, 2.05) is 18.3 Å². The molecule has 0 saturated heterocycles. The van der Waals surface area contributed by atoms with Gasteiger partial charge < -0.3 is 15.7 Å². The molecule has 33 heavy (non-hydrogen) atoms. The Bertz CT molecular complexity index is 1110. The van der Waals surface area contributed by atoms with Gasteiger partial charge in [-0.25, -0.2) is 0 Å². The Balaban J connectivity index is 1.49. The van der Waals surface area contributed by atoms with E-state index >= 15 is 0 Å². The number of aromatic nitrogens is 1. The number of carbonyl (C=O) groups is 1. The lowest BCUT2D eigenvalue weighted by atomic mass is 9.86. The fraction of sp³-hybridized carbons (Fsp3) is 0.357. The number of benzene rings is 2. The minimum atomic E-state index is -0.791. The number of rotatable bonds is 8. The van der Waals surface area contributed by atoms with Crippen molar-refractivity contribution >= 4 is 11.7 Å². The van der Waals surface area contributed by atoms with E-state index in [0.29, 0.717) is 5.92 Å². The summed E-state index contributed by atoms with van der Waals surface area (Å²) in [5.41, 5.74) is 7.99. The molecule has 3 N–H and O–H groups in total. The van der Waals surface area contributed by atoms with Crippen molar-refractivity contribution in [3.8, 4) is 0 Å². The monoisotopic (exact) mass is 443 g/mol. The summed E-state index contributed by atoms with van der Waals surface area (Å²) in [6.45, 7) is 7.62. The van der Waals surface area contributed by atoms with Crippen LogP contribution in [0.2, 0.25) is 0 Å². The number of hydrogen-bond acceptors (Lipinski definition) is 4. The maximum atomic E-state index is 11.4. The van der Waals surface area contributed by atoms with Crippen molar-refractivity contribution in [2.45, 2.75) is 45.6 Å². The lowest BCUT2D eigenvalue weighted by molar-refractivity contribution is -0.138. The molecule has 1 aliphatic heterocycles. The summed E-state index contributed by atoms with van der Waals surface area (Å²) in [6, 6.07) is 19.0. The molecule has 3 aromatic rings. The van der Waals surface area contributed by atoms with Crippen LogP contribution in [-0.2, 0) is 17.6 Å². The average Bonchev–Trinajstić information content (AvgIpc) is 2.82. The molecule has 0 bridgehead atoms. The van der Waals surface area contributed by atoms with Crippen LogP contribution in [0.15, 0.2) is 60.8 Å². The SMILES string of the molecule is Cc1cnc2c(c1)NC[C@H]([C@H](NCCc1cc([C@@H](C)C(=O)O)ccc1C)c1ccccc1)C2. The normalized spacial score (nSPS) is 17.0. The molecule has 0 aliphatic carbocycles. The highest BCUT2D eigenvalue weighted by Crippen LogP contribution is 2.32. The van der Waals surface area contributed by atoms with E-state index in [4.69, 9.17) is 0 Å². The summed E-state index contributed by atoms with van der Waals surface area (Å²) < 4.78 is 0. The van der Waals surface area contributed by atoms with Crippen LogP contribution in [0.25, 0.3) is 0 Å². The van der Waals surface area contributed by atoms with Crippen molar-refractivity contribution in [1.29, 1.82) is 0 Å². The van der Waals surface area contributed by atoms with Crippen LogP contribution >= 0.6 is 0 Å². The number of hydrogen-bond donors (Lipinski definition) is 3. The molecule has 1 aromatic heterocycles. The third-order valence-electron chi connectivity index (χ3n) is 6.75. The van der Waals surface area contributed by atoms with Crippen LogP contribution in [0.5, 0.6) is 0 Å². The van der Waals surface area contributed by atoms with Gasteiger partial charge in [-0.15, -0.1) is 0 Å². The van der Waals surface area contributed by atoms with E-state index < -0.39 is 11.9 Å². The van der Waals surface area contributed by atoms with E-state index in [1.165, 1.54) is 22.3 Å². The molecular formula is C28H33N3O2. The Morgan fingerprint density at radius 1 is 1.15 bits per heavy atom. The Morgan fingerprint density at radius 3 is 2.70 bits per heavy atom. The first-order chi connectivity index (χ1) is 15.9. The first-order valence-electron chi connectivity index (χ1n) is 11.7. The summed E-state index contributed by atoms with van der Waals surface area (Å²) in [4.78, 5) is 16.1. The minimum absolute atomic E-state index is 0.205. The highest BCUT2D eigenvalue weighted by Gasteiger charge is 2.28. The third kappa shape index (κ3) is 5.42. The van der Waals surface area contributed by atoms with Gasteiger partial charge in [-0.05, 0) is 74.0 Å². The molecule has 1 aliphatic rings. The second kappa shape index (κ2) is 10.2. The fourth-order valence-electron chi connectivity index (χ4n) is 4.66. The number of nitrogens with zero attached hydrogens (tertiary/aromatic N) is 1. The molecule has 0 fully saturated rings. The minimum Gasteiger partial charge on any atom is -0.481 e. The van der Waals surface area contributed by atoms with Gasteiger partial charge in [0.1, 0.15) is 0 Å². The van der Waals surface area contributed by atoms with Crippen molar-refractivity contribution in [2.75, 3.05) is 18.4 Å². The molecule has 0 radical (unpaired) electrons. The molecule has 5 heteroatoms. The van der Waals surface area contributed by atoms with Gasteiger partial charge in [0.05, 0.1) is 17.3 Å². The number of aliphatic carboxylic acids is 1. The van der Waals surface area contributed by atoms with Gasteiger partial charge in [0.2, 0.25) is 0 Å². The number of carboxylic acids is 1. The van der Waals surface area contributed by atoms with Gasteiger partial charge in [0, 0.05) is 24.7 Å². The number of pyridine rings is 1. The zero-order valence-electron chi connectivity index (χ0n) is 19.6. The Morgan fingerprint density at radius 2 is 1.94 bits per heavy atom. The fourth-order valence-corrected chi connectivity index (χ4v) is 4.66. The number of anilines is 1. The number of fused-ring (bicyclic) bond motifs is 1. The summed E-state index contributed by atoms with van der Waals surface area (Å²) in [6.07, 6.45) is 3.73. The highest BCUT2D eigenvalue weighted by atomic mass is 16.4. The molecular weight excluding hydrogens is 410 g/mol. The summed E-state index contributed by atoms with van der Waals surface area (Å²) >= 11 is 0. The van der Waals surface area contributed by atoms with E-state index in [0.717, 1.165) is 42.9 Å². The maximum absolute atomic E-state index is 11.4. The van der Waals surface area contributed by atoms with Gasteiger partial charge >= 0.3 is 5.97 Å². The topological polar surface area (TPSA) is 74.2 Å². The quantitative estimate of drug-likeness (QED) is 0.455. The van der Waals surface area contributed by atoms with Crippen molar-refractivity contribution in [3.05, 3.63) is 94.3 Å². The van der Waals surface area contributed by atoms with Gasteiger partial charge in [-0.3, -0.25) is 9.78 Å². The molecule has 0 unspecified atom stereocenters. The van der Waals surface area contributed by atoms with E-state index in [-0.39, 0.29) is 6.04 Å². The van der Waals surface area contributed by atoms with Crippen LogP contribution in [0.1, 0.15) is 52.4 Å². The predicted molar refractivity (Wildman–Crippen MR) is 133 cm³/mol. The molecule has 4 rings (SSSR count). The highest BCUT2D eigenvalue weighted by molar-refractivity contribution is 5.75. The van der Waals surface area contributed by atoms with Crippen LogP contribution in [0, 0.1) is 19.8 Å². The Kier molecular flexibility index (Phi) is 7.09.